The molecule has 0 saturated heterocycles. The Hall–Kier alpha value is -1.55. The molecule has 18 heavy (non-hydrogen) atoms. The molecule has 1 aromatic heterocycles. The summed E-state index contributed by atoms with van der Waals surface area (Å²) < 4.78 is 38.4. The second-order valence-electron chi connectivity index (χ2n) is 3.68. The zero-order valence-corrected chi connectivity index (χ0v) is 9.96. The van der Waals surface area contributed by atoms with Crippen LogP contribution in [0.1, 0.15) is 11.3 Å². The fraction of sp³-hybridized carbons (Fsp3) is 0.154. The van der Waals surface area contributed by atoms with E-state index in [0.717, 1.165) is 6.20 Å². The number of alkyl halides is 4. The van der Waals surface area contributed by atoms with Crippen LogP contribution in [-0.2, 0) is 12.1 Å². The summed E-state index contributed by atoms with van der Waals surface area (Å²) in [5, 5.41) is 0. The highest BCUT2D eigenvalue weighted by atomic mass is 35.5. The molecule has 0 aliphatic rings. The maximum Gasteiger partial charge on any atom is 0.433 e. The van der Waals surface area contributed by atoms with Crippen molar-refractivity contribution >= 4 is 11.6 Å². The average molecular weight is 272 g/mol. The van der Waals surface area contributed by atoms with Crippen LogP contribution in [0.5, 0.6) is 0 Å². The van der Waals surface area contributed by atoms with Gasteiger partial charge in [-0.25, -0.2) is 0 Å². The number of hydrogen-bond acceptors (Lipinski definition) is 1. The minimum absolute atomic E-state index is 0.0119. The van der Waals surface area contributed by atoms with Gasteiger partial charge in [-0.3, -0.25) is 4.98 Å². The van der Waals surface area contributed by atoms with Crippen LogP contribution < -0.4 is 0 Å². The lowest BCUT2D eigenvalue weighted by molar-refractivity contribution is -0.141. The van der Waals surface area contributed by atoms with Gasteiger partial charge in [-0.05, 0) is 17.2 Å². The van der Waals surface area contributed by atoms with Crippen LogP contribution in [0.4, 0.5) is 13.2 Å². The molecule has 0 saturated carbocycles. The molecule has 1 aromatic carbocycles. The van der Waals surface area contributed by atoms with Crippen molar-refractivity contribution in [1.82, 2.24) is 4.98 Å². The Balaban J connectivity index is 2.63. The fourth-order valence-electron chi connectivity index (χ4n) is 1.76. The number of hydrogen-bond donors (Lipinski definition) is 0. The Morgan fingerprint density at radius 3 is 2.28 bits per heavy atom. The van der Waals surface area contributed by atoms with Gasteiger partial charge in [0.1, 0.15) is 5.69 Å². The van der Waals surface area contributed by atoms with E-state index in [1.165, 1.54) is 0 Å². The molecule has 2 rings (SSSR count). The second-order valence-corrected chi connectivity index (χ2v) is 3.95. The molecule has 0 aliphatic carbocycles. The molecule has 0 amide bonds. The van der Waals surface area contributed by atoms with Gasteiger partial charge in [-0.15, -0.1) is 11.6 Å². The molecule has 0 bridgehead atoms. The Labute approximate surface area is 107 Å². The molecule has 0 fully saturated rings. The first-order valence-corrected chi connectivity index (χ1v) is 5.74. The Morgan fingerprint density at radius 1 is 1.06 bits per heavy atom. The summed E-state index contributed by atoms with van der Waals surface area (Å²) >= 11 is 5.65. The topological polar surface area (TPSA) is 12.9 Å². The predicted octanol–water partition coefficient (Wildman–Crippen LogP) is 4.51. The summed E-state index contributed by atoms with van der Waals surface area (Å²) in [7, 11) is 0. The van der Waals surface area contributed by atoms with Crippen molar-refractivity contribution in [3.8, 4) is 11.1 Å². The summed E-state index contributed by atoms with van der Waals surface area (Å²) in [6, 6.07) is 10.4. The van der Waals surface area contributed by atoms with Crippen LogP contribution in [0.15, 0.2) is 42.6 Å². The molecular formula is C13H9ClF3N. The van der Waals surface area contributed by atoms with Crippen molar-refractivity contribution in [2.75, 3.05) is 0 Å². The highest BCUT2D eigenvalue weighted by molar-refractivity contribution is 6.17. The quantitative estimate of drug-likeness (QED) is 0.733. The van der Waals surface area contributed by atoms with Gasteiger partial charge in [-0.2, -0.15) is 13.2 Å². The molecule has 0 unspecified atom stereocenters. The minimum atomic E-state index is -4.49. The number of halogens is 4. The highest BCUT2D eigenvalue weighted by Gasteiger charge is 2.35. The van der Waals surface area contributed by atoms with E-state index in [1.807, 2.05) is 0 Å². The van der Waals surface area contributed by atoms with Crippen molar-refractivity contribution in [1.29, 1.82) is 0 Å². The van der Waals surface area contributed by atoms with Gasteiger partial charge in [-0.1, -0.05) is 30.3 Å². The summed E-state index contributed by atoms with van der Waals surface area (Å²) in [6.45, 7) is 0. The Bertz CT molecular complexity index is 538. The van der Waals surface area contributed by atoms with E-state index in [0.29, 0.717) is 11.1 Å². The lowest BCUT2D eigenvalue weighted by Crippen LogP contribution is -2.12. The Kier molecular flexibility index (Phi) is 3.57. The first-order chi connectivity index (χ1) is 8.54. The van der Waals surface area contributed by atoms with Crippen molar-refractivity contribution in [2.45, 2.75) is 12.1 Å². The van der Waals surface area contributed by atoms with Gasteiger partial charge in [0, 0.05) is 11.8 Å². The van der Waals surface area contributed by atoms with E-state index in [4.69, 9.17) is 11.6 Å². The Morgan fingerprint density at radius 2 is 1.72 bits per heavy atom. The first-order valence-electron chi connectivity index (χ1n) is 5.20. The standard InChI is InChI=1S/C13H9ClF3N/c14-8-11-10(9-4-2-1-3-5-9)6-7-18-12(11)13(15,16)17/h1-7H,8H2. The van der Waals surface area contributed by atoms with Crippen LogP contribution in [0.25, 0.3) is 11.1 Å². The van der Waals surface area contributed by atoms with Gasteiger partial charge in [0.25, 0.3) is 0 Å². The average Bonchev–Trinajstić information content (AvgIpc) is 2.37. The van der Waals surface area contributed by atoms with E-state index >= 15 is 0 Å². The summed E-state index contributed by atoms with van der Waals surface area (Å²) in [5.74, 6) is -0.229. The minimum Gasteiger partial charge on any atom is -0.251 e. The normalized spacial score (nSPS) is 11.6. The summed E-state index contributed by atoms with van der Waals surface area (Å²) in [4.78, 5) is 3.40. The van der Waals surface area contributed by atoms with Gasteiger partial charge in [0.15, 0.2) is 0 Å². The lowest BCUT2D eigenvalue weighted by Gasteiger charge is -2.14. The maximum absolute atomic E-state index is 12.8. The highest BCUT2D eigenvalue weighted by Crippen LogP contribution is 2.35. The second kappa shape index (κ2) is 4.98. The maximum atomic E-state index is 12.8. The first kappa shape index (κ1) is 12.9. The van der Waals surface area contributed by atoms with E-state index in [9.17, 15) is 13.2 Å². The fourth-order valence-corrected chi connectivity index (χ4v) is 2.03. The molecule has 5 heteroatoms. The van der Waals surface area contributed by atoms with E-state index in [2.05, 4.69) is 4.98 Å². The number of nitrogens with zero attached hydrogens (tertiary/aromatic N) is 1. The molecule has 2 aromatic rings. The lowest BCUT2D eigenvalue weighted by atomic mass is 10.00. The number of rotatable bonds is 2. The van der Waals surface area contributed by atoms with Crippen molar-refractivity contribution in [3.05, 3.63) is 53.9 Å². The third kappa shape index (κ3) is 2.48. The third-order valence-electron chi connectivity index (χ3n) is 2.54. The van der Waals surface area contributed by atoms with Crippen molar-refractivity contribution in [3.63, 3.8) is 0 Å². The van der Waals surface area contributed by atoms with Crippen LogP contribution in [0, 0.1) is 0 Å². The monoisotopic (exact) mass is 271 g/mol. The SMILES string of the molecule is FC(F)(F)c1nccc(-c2ccccc2)c1CCl. The molecule has 0 spiro atoms. The smallest absolute Gasteiger partial charge is 0.251 e. The van der Waals surface area contributed by atoms with Crippen molar-refractivity contribution in [2.24, 2.45) is 0 Å². The zero-order valence-electron chi connectivity index (χ0n) is 9.21. The third-order valence-corrected chi connectivity index (χ3v) is 2.81. The van der Waals surface area contributed by atoms with Crippen LogP contribution in [0.3, 0.4) is 0 Å². The molecule has 1 heterocycles. The van der Waals surface area contributed by atoms with Crippen LogP contribution in [0.2, 0.25) is 0 Å². The van der Waals surface area contributed by atoms with Crippen LogP contribution >= 0.6 is 11.6 Å². The van der Waals surface area contributed by atoms with E-state index < -0.39 is 11.9 Å². The van der Waals surface area contributed by atoms with E-state index in [-0.39, 0.29) is 11.4 Å². The number of pyridine rings is 1. The molecule has 0 N–H and O–H groups in total. The molecule has 0 aliphatic heterocycles. The number of benzene rings is 1. The summed E-state index contributed by atoms with van der Waals surface area (Å²) in [5.41, 5.74) is 0.255. The molecule has 0 atom stereocenters. The molecule has 94 valence electrons. The molecule has 0 radical (unpaired) electrons. The van der Waals surface area contributed by atoms with Crippen LogP contribution in [-0.4, -0.2) is 4.98 Å². The largest absolute Gasteiger partial charge is 0.433 e. The van der Waals surface area contributed by atoms with Gasteiger partial charge >= 0.3 is 6.18 Å². The van der Waals surface area contributed by atoms with Gasteiger partial charge < -0.3 is 0 Å². The number of aromatic nitrogens is 1. The summed E-state index contributed by atoms with van der Waals surface area (Å²) in [6.07, 6.45) is -3.34. The van der Waals surface area contributed by atoms with Gasteiger partial charge in [0.05, 0.1) is 5.88 Å². The van der Waals surface area contributed by atoms with E-state index in [1.54, 1.807) is 36.4 Å². The van der Waals surface area contributed by atoms with Crippen molar-refractivity contribution < 1.29 is 13.2 Å². The molecular weight excluding hydrogens is 263 g/mol. The molecule has 1 nitrogen and oxygen atoms in total. The van der Waals surface area contributed by atoms with Gasteiger partial charge in [0.2, 0.25) is 0 Å². The predicted molar refractivity (Wildman–Crippen MR) is 64.2 cm³/mol. The zero-order chi connectivity index (χ0) is 13.2.